The molecule has 0 atom stereocenters. The van der Waals surface area contributed by atoms with Crippen molar-refractivity contribution in [3.63, 3.8) is 0 Å². The van der Waals surface area contributed by atoms with Crippen molar-refractivity contribution in [1.82, 2.24) is 4.90 Å². The topological polar surface area (TPSA) is 3.24 Å². The molecule has 1 nitrogen and oxygen atoms in total. The Hall–Kier alpha value is -0.0400. The van der Waals surface area contributed by atoms with E-state index in [4.69, 9.17) is 0 Å². The lowest BCUT2D eigenvalue weighted by Crippen LogP contribution is -2.21. The van der Waals surface area contributed by atoms with E-state index in [0.717, 1.165) is 5.92 Å². The van der Waals surface area contributed by atoms with Crippen LogP contribution in [-0.2, 0) is 0 Å². The van der Waals surface area contributed by atoms with Crippen LogP contribution in [0, 0.1) is 5.92 Å². The molecule has 0 unspecified atom stereocenters. The van der Waals surface area contributed by atoms with E-state index in [1.54, 1.807) is 0 Å². The zero-order valence-corrected chi connectivity index (χ0v) is 35.4. The van der Waals surface area contributed by atoms with E-state index in [1.165, 1.54) is 276 Å². The molecule has 49 heavy (non-hydrogen) atoms. The highest BCUT2D eigenvalue weighted by molar-refractivity contribution is 4.64. The van der Waals surface area contributed by atoms with Crippen molar-refractivity contribution in [3.05, 3.63) is 0 Å². The normalized spacial score (nSPS) is 11.9. The van der Waals surface area contributed by atoms with Crippen LogP contribution in [0.25, 0.3) is 0 Å². The molecule has 0 aliphatic rings. The minimum Gasteiger partial charge on any atom is -0.309 e. The van der Waals surface area contributed by atoms with Gasteiger partial charge < -0.3 is 4.90 Å². The van der Waals surface area contributed by atoms with Gasteiger partial charge in [0.25, 0.3) is 0 Å². The molecule has 0 fully saturated rings. The largest absolute Gasteiger partial charge is 0.309 e. The van der Waals surface area contributed by atoms with Crippen LogP contribution in [0.5, 0.6) is 0 Å². The molecule has 0 bridgehead atoms. The lowest BCUT2D eigenvalue weighted by atomic mass is 9.93. The second-order valence-corrected chi connectivity index (χ2v) is 17.1. The Balaban J connectivity index is 3.41. The predicted molar refractivity (Wildman–Crippen MR) is 227 cm³/mol. The average molecular weight is 690 g/mol. The molecule has 0 amide bonds. The van der Waals surface area contributed by atoms with Crippen molar-refractivity contribution >= 4 is 0 Å². The van der Waals surface area contributed by atoms with Gasteiger partial charge in [-0.05, 0) is 32.9 Å². The number of nitrogens with zero attached hydrogens (tertiary/aromatic N) is 1. The van der Waals surface area contributed by atoms with Crippen LogP contribution in [0.2, 0.25) is 0 Å². The third-order valence-corrected chi connectivity index (χ3v) is 11.6. The van der Waals surface area contributed by atoms with Gasteiger partial charge in [0, 0.05) is 6.54 Å². The Kier molecular flexibility index (Phi) is 44.1. The summed E-state index contributed by atoms with van der Waals surface area (Å²) in [5.41, 5.74) is 0. The highest BCUT2D eigenvalue weighted by Gasteiger charge is 2.10. The maximum Gasteiger partial charge on any atom is 0.000356 e. The molecule has 0 aromatic rings. The van der Waals surface area contributed by atoms with Crippen LogP contribution in [0.3, 0.4) is 0 Å². The van der Waals surface area contributed by atoms with Crippen molar-refractivity contribution in [1.29, 1.82) is 0 Å². The number of hydrogen-bond donors (Lipinski definition) is 0. The van der Waals surface area contributed by atoms with Gasteiger partial charge in [-0.3, -0.25) is 0 Å². The molecule has 0 radical (unpaired) electrons. The minimum absolute atomic E-state index is 0.932. The van der Waals surface area contributed by atoms with Gasteiger partial charge in [0.2, 0.25) is 0 Å². The van der Waals surface area contributed by atoms with Gasteiger partial charge in [-0.1, -0.05) is 271 Å². The number of rotatable bonds is 44. The van der Waals surface area contributed by atoms with Crippen molar-refractivity contribution in [3.8, 4) is 0 Å². The van der Waals surface area contributed by atoms with E-state index in [2.05, 4.69) is 32.8 Å². The molecular weight excluding hydrogens is 591 g/mol. The third kappa shape index (κ3) is 44.0. The molecule has 0 aromatic carbocycles. The highest BCUT2D eigenvalue weighted by Crippen LogP contribution is 2.21. The molecule has 0 aliphatic heterocycles. The van der Waals surface area contributed by atoms with E-state index in [0.29, 0.717) is 0 Å². The summed E-state index contributed by atoms with van der Waals surface area (Å²) in [6, 6.07) is 0. The summed E-state index contributed by atoms with van der Waals surface area (Å²) in [6.45, 7) is 5.93. The van der Waals surface area contributed by atoms with Gasteiger partial charge in [-0.15, -0.1) is 0 Å². The van der Waals surface area contributed by atoms with Crippen LogP contribution >= 0.6 is 0 Å². The fraction of sp³-hybridized carbons (Fsp3) is 1.00. The minimum atomic E-state index is 0.932. The van der Waals surface area contributed by atoms with Gasteiger partial charge in [0.1, 0.15) is 0 Å². The van der Waals surface area contributed by atoms with Crippen LogP contribution in [0.1, 0.15) is 284 Å². The Bertz CT molecular complexity index is 511. The molecule has 0 rings (SSSR count). The Morgan fingerprint density at radius 3 is 0.571 bits per heavy atom. The molecule has 0 heterocycles. The maximum absolute atomic E-state index is 2.44. The van der Waals surface area contributed by atoms with Crippen LogP contribution < -0.4 is 0 Å². The maximum atomic E-state index is 2.44. The second-order valence-electron chi connectivity index (χ2n) is 17.1. The number of hydrogen-bond acceptors (Lipinski definition) is 1. The Morgan fingerprint density at radius 1 is 0.245 bits per heavy atom. The quantitative estimate of drug-likeness (QED) is 0.0576. The first-order valence-corrected chi connectivity index (χ1v) is 23.8. The lowest BCUT2D eigenvalue weighted by Gasteiger charge is -2.21. The molecule has 0 N–H and O–H groups in total. The average Bonchev–Trinajstić information content (AvgIpc) is 3.09. The standard InChI is InChI=1S/C48H99N/c1-5-7-9-11-13-15-17-19-21-23-25-27-29-31-33-35-37-39-41-43-45-48(47-49(3)4)46-44-42-40-38-36-34-32-30-28-26-24-22-20-18-16-14-12-10-8-6-2/h48H,5-47H2,1-4H3. The van der Waals surface area contributed by atoms with Crippen LogP contribution in [0.15, 0.2) is 0 Å². The zero-order chi connectivity index (χ0) is 35.6. The lowest BCUT2D eigenvalue weighted by molar-refractivity contribution is 0.286. The summed E-state index contributed by atoms with van der Waals surface area (Å²) >= 11 is 0. The van der Waals surface area contributed by atoms with Crippen LogP contribution in [0.4, 0.5) is 0 Å². The van der Waals surface area contributed by atoms with Gasteiger partial charge in [0.15, 0.2) is 0 Å². The molecule has 0 saturated heterocycles. The Labute approximate surface area is 314 Å². The van der Waals surface area contributed by atoms with Crippen molar-refractivity contribution in [2.24, 2.45) is 5.92 Å². The van der Waals surface area contributed by atoms with Crippen molar-refractivity contribution in [2.75, 3.05) is 20.6 Å². The molecule has 0 aliphatic carbocycles. The second kappa shape index (κ2) is 44.1. The van der Waals surface area contributed by atoms with E-state index in [-0.39, 0.29) is 0 Å². The number of unbranched alkanes of at least 4 members (excludes halogenated alkanes) is 38. The van der Waals surface area contributed by atoms with E-state index in [1.807, 2.05) is 0 Å². The molecule has 296 valence electrons. The predicted octanol–water partition coefficient (Wildman–Crippen LogP) is 17.6. The van der Waals surface area contributed by atoms with Crippen molar-refractivity contribution in [2.45, 2.75) is 284 Å². The van der Waals surface area contributed by atoms with Gasteiger partial charge in [-0.25, -0.2) is 0 Å². The molecule has 0 aromatic heterocycles. The van der Waals surface area contributed by atoms with Crippen LogP contribution in [-0.4, -0.2) is 25.5 Å². The van der Waals surface area contributed by atoms with E-state index >= 15 is 0 Å². The SMILES string of the molecule is CCCCCCCCCCCCCCCCCCCCCCC(CCCCCCCCCCCCCCCCCCCCCC)CN(C)C. The summed E-state index contributed by atoms with van der Waals surface area (Å²) in [4.78, 5) is 2.44. The molecule has 1 heteroatoms. The monoisotopic (exact) mass is 690 g/mol. The fourth-order valence-electron chi connectivity index (χ4n) is 8.22. The molecule has 0 saturated carbocycles. The highest BCUT2D eigenvalue weighted by atomic mass is 15.1. The molecular formula is C48H99N. The van der Waals surface area contributed by atoms with Gasteiger partial charge >= 0.3 is 0 Å². The zero-order valence-electron chi connectivity index (χ0n) is 35.4. The molecule has 0 spiro atoms. The van der Waals surface area contributed by atoms with Gasteiger partial charge in [0.05, 0.1) is 0 Å². The van der Waals surface area contributed by atoms with E-state index in [9.17, 15) is 0 Å². The summed E-state index contributed by atoms with van der Waals surface area (Å²) in [5.74, 6) is 0.932. The summed E-state index contributed by atoms with van der Waals surface area (Å²) in [6.07, 6.45) is 62.0. The van der Waals surface area contributed by atoms with Gasteiger partial charge in [-0.2, -0.15) is 0 Å². The first-order chi connectivity index (χ1) is 24.2. The smallest absolute Gasteiger partial charge is 0.000356 e. The third-order valence-electron chi connectivity index (χ3n) is 11.6. The van der Waals surface area contributed by atoms with E-state index < -0.39 is 0 Å². The fourth-order valence-corrected chi connectivity index (χ4v) is 8.22. The summed E-state index contributed by atoms with van der Waals surface area (Å²) < 4.78 is 0. The first kappa shape index (κ1) is 49.0. The van der Waals surface area contributed by atoms with Crippen molar-refractivity contribution < 1.29 is 0 Å². The Morgan fingerprint density at radius 2 is 0.408 bits per heavy atom. The summed E-state index contributed by atoms with van der Waals surface area (Å²) in [5, 5.41) is 0. The first-order valence-electron chi connectivity index (χ1n) is 23.8. The summed E-state index contributed by atoms with van der Waals surface area (Å²) in [7, 11) is 4.56.